The molecular weight excluding hydrogens is 214 g/mol. The Hall–Kier alpha value is -1.99. The Morgan fingerprint density at radius 2 is 2.00 bits per heavy atom. The molecule has 1 aromatic carbocycles. The predicted molar refractivity (Wildman–Crippen MR) is 66.0 cm³/mol. The number of nitrogens with one attached hydrogen (secondary N) is 1. The monoisotopic (exact) mass is 227 g/mol. The molecule has 0 saturated carbocycles. The Kier molecular flexibility index (Phi) is 2.46. The quantitative estimate of drug-likeness (QED) is 0.809. The van der Waals surface area contributed by atoms with Crippen LogP contribution in [-0.2, 0) is 4.74 Å². The van der Waals surface area contributed by atoms with E-state index in [1.165, 1.54) is 0 Å². The summed E-state index contributed by atoms with van der Waals surface area (Å²) in [6.07, 6.45) is 0. The zero-order valence-electron chi connectivity index (χ0n) is 9.44. The van der Waals surface area contributed by atoms with E-state index in [1.54, 1.807) is 0 Å². The Bertz CT molecular complexity index is 576. The highest BCUT2D eigenvalue weighted by molar-refractivity contribution is 5.91. The number of ether oxygens (including phenoxy) is 1. The van der Waals surface area contributed by atoms with Crippen molar-refractivity contribution in [2.24, 2.45) is 0 Å². The van der Waals surface area contributed by atoms with Crippen LogP contribution in [0.5, 0.6) is 0 Å². The number of nitriles is 1. The minimum Gasteiger partial charge on any atom is -0.378 e. The number of morpholine rings is 1. The van der Waals surface area contributed by atoms with Crippen molar-refractivity contribution in [1.82, 2.24) is 4.98 Å². The maximum absolute atomic E-state index is 9.31. The summed E-state index contributed by atoms with van der Waals surface area (Å²) in [4.78, 5) is 5.52. The van der Waals surface area contributed by atoms with Gasteiger partial charge in [0.15, 0.2) is 0 Å². The van der Waals surface area contributed by atoms with Crippen LogP contribution in [-0.4, -0.2) is 31.3 Å². The van der Waals surface area contributed by atoms with Crippen molar-refractivity contribution < 1.29 is 4.74 Å². The first kappa shape index (κ1) is 10.2. The first-order chi connectivity index (χ1) is 8.40. The van der Waals surface area contributed by atoms with Crippen LogP contribution in [0, 0.1) is 11.3 Å². The molecule has 0 bridgehead atoms. The second-order valence-electron chi connectivity index (χ2n) is 4.11. The van der Waals surface area contributed by atoms with Crippen LogP contribution in [0.25, 0.3) is 10.9 Å². The number of para-hydroxylation sites is 1. The van der Waals surface area contributed by atoms with Crippen molar-refractivity contribution >= 4 is 16.7 Å². The minimum atomic E-state index is 0.722. The molecule has 1 fully saturated rings. The van der Waals surface area contributed by atoms with E-state index in [0.29, 0.717) is 0 Å². The van der Waals surface area contributed by atoms with Gasteiger partial charge in [-0.3, -0.25) is 0 Å². The second kappa shape index (κ2) is 4.11. The van der Waals surface area contributed by atoms with Crippen LogP contribution < -0.4 is 4.90 Å². The van der Waals surface area contributed by atoms with E-state index in [9.17, 15) is 5.26 Å². The second-order valence-corrected chi connectivity index (χ2v) is 4.11. The van der Waals surface area contributed by atoms with E-state index >= 15 is 0 Å². The molecule has 1 aliphatic heterocycles. The van der Waals surface area contributed by atoms with Crippen LogP contribution in [0.3, 0.4) is 0 Å². The molecule has 1 aromatic heterocycles. The zero-order chi connectivity index (χ0) is 11.7. The topological polar surface area (TPSA) is 52.1 Å². The number of nitrogens with zero attached hydrogens (tertiary/aromatic N) is 2. The number of hydrogen-bond acceptors (Lipinski definition) is 3. The standard InChI is InChI=1S/C13H13N3O/c14-9-11-10-3-1-2-4-12(10)15-13(11)16-5-7-17-8-6-16/h1-4,15H,5-8H2. The maximum atomic E-state index is 9.31. The van der Waals surface area contributed by atoms with E-state index in [1.807, 2.05) is 24.3 Å². The number of rotatable bonds is 1. The molecule has 0 unspecified atom stereocenters. The molecule has 3 rings (SSSR count). The van der Waals surface area contributed by atoms with E-state index in [-0.39, 0.29) is 0 Å². The van der Waals surface area contributed by atoms with E-state index < -0.39 is 0 Å². The molecule has 0 atom stereocenters. The minimum absolute atomic E-state index is 0.722. The zero-order valence-corrected chi connectivity index (χ0v) is 9.44. The highest BCUT2D eigenvalue weighted by Crippen LogP contribution is 2.28. The van der Waals surface area contributed by atoms with Gasteiger partial charge in [0.05, 0.1) is 13.2 Å². The molecule has 2 heterocycles. The van der Waals surface area contributed by atoms with E-state index in [4.69, 9.17) is 4.74 Å². The highest BCUT2D eigenvalue weighted by atomic mass is 16.5. The number of hydrogen-bond donors (Lipinski definition) is 1. The van der Waals surface area contributed by atoms with Crippen molar-refractivity contribution in [2.75, 3.05) is 31.2 Å². The summed E-state index contributed by atoms with van der Waals surface area (Å²) in [7, 11) is 0. The number of benzene rings is 1. The van der Waals surface area contributed by atoms with Gasteiger partial charge in [-0.25, -0.2) is 0 Å². The SMILES string of the molecule is N#Cc1c(N2CCOCC2)[nH]c2ccccc12. The van der Waals surface area contributed by atoms with Gasteiger partial charge in [-0.05, 0) is 6.07 Å². The lowest BCUT2D eigenvalue weighted by atomic mass is 10.2. The van der Waals surface area contributed by atoms with Crippen molar-refractivity contribution in [3.8, 4) is 6.07 Å². The Labute approximate surface area is 99.4 Å². The number of aromatic nitrogens is 1. The molecule has 1 saturated heterocycles. The fourth-order valence-corrected chi connectivity index (χ4v) is 2.27. The summed E-state index contributed by atoms with van der Waals surface area (Å²) in [5, 5.41) is 10.3. The number of anilines is 1. The number of fused-ring (bicyclic) bond motifs is 1. The van der Waals surface area contributed by atoms with Crippen LogP contribution >= 0.6 is 0 Å². The van der Waals surface area contributed by atoms with Crippen molar-refractivity contribution in [1.29, 1.82) is 5.26 Å². The van der Waals surface area contributed by atoms with Gasteiger partial charge >= 0.3 is 0 Å². The summed E-state index contributed by atoms with van der Waals surface area (Å²) in [5.74, 6) is 0.928. The first-order valence-electron chi connectivity index (χ1n) is 5.73. The van der Waals surface area contributed by atoms with E-state index in [2.05, 4.69) is 16.0 Å². The Morgan fingerprint density at radius 3 is 2.76 bits per heavy atom. The maximum Gasteiger partial charge on any atom is 0.125 e. The summed E-state index contributed by atoms with van der Waals surface area (Å²) in [5.41, 5.74) is 1.76. The highest BCUT2D eigenvalue weighted by Gasteiger charge is 2.18. The van der Waals surface area contributed by atoms with Crippen LogP contribution in [0.2, 0.25) is 0 Å². The average molecular weight is 227 g/mol. The average Bonchev–Trinajstić information content (AvgIpc) is 2.78. The molecular formula is C13H13N3O. The van der Waals surface area contributed by atoms with Gasteiger partial charge in [0.2, 0.25) is 0 Å². The number of aromatic amines is 1. The summed E-state index contributed by atoms with van der Waals surface area (Å²) in [6.45, 7) is 3.11. The Morgan fingerprint density at radius 1 is 1.24 bits per heavy atom. The lowest BCUT2D eigenvalue weighted by Crippen LogP contribution is -2.36. The molecule has 0 aliphatic carbocycles. The molecule has 1 N–H and O–H groups in total. The third-order valence-electron chi connectivity index (χ3n) is 3.13. The third kappa shape index (κ3) is 1.65. The van der Waals surface area contributed by atoms with Gasteiger partial charge < -0.3 is 14.6 Å². The molecule has 4 nitrogen and oxygen atoms in total. The van der Waals surface area contributed by atoms with Crippen molar-refractivity contribution in [3.63, 3.8) is 0 Å². The predicted octanol–water partition coefficient (Wildman–Crippen LogP) is 1.88. The summed E-state index contributed by atoms with van der Waals surface area (Å²) >= 11 is 0. The third-order valence-corrected chi connectivity index (χ3v) is 3.13. The first-order valence-corrected chi connectivity index (χ1v) is 5.73. The lowest BCUT2D eigenvalue weighted by Gasteiger charge is -2.27. The largest absolute Gasteiger partial charge is 0.378 e. The fourth-order valence-electron chi connectivity index (χ4n) is 2.27. The van der Waals surface area contributed by atoms with Crippen LogP contribution in [0.15, 0.2) is 24.3 Å². The van der Waals surface area contributed by atoms with Gasteiger partial charge in [-0.2, -0.15) is 5.26 Å². The molecule has 0 spiro atoms. The molecule has 0 amide bonds. The van der Waals surface area contributed by atoms with Crippen molar-refractivity contribution in [3.05, 3.63) is 29.8 Å². The normalized spacial score (nSPS) is 16.1. The van der Waals surface area contributed by atoms with Crippen molar-refractivity contribution in [2.45, 2.75) is 0 Å². The van der Waals surface area contributed by atoms with Gasteiger partial charge in [0, 0.05) is 24.0 Å². The summed E-state index contributed by atoms with van der Waals surface area (Å²) < 4.78 is 5.33. The molecule has 17 heavy (non-hydrogen) atoms. The van der Waals surface area contributed by atoms with Gasteiger partial charge in [0.25, 0.3) is 0 Å². The number of H-pyrrole nitrogens is 1. The summed E-state index contributed by atoms with van der Waals surface area (Å²) in [6, 6.07) is 10.2. The molecule has 0 radical (unpaired) electrons. The molecule has 4 heteroatoms. The van der Waals surface area contributed by atoms with Crippen LogP contribution in [0.4, 0.5) is 5.82 Å². The van der Waals surface area contributed by atoms with Gasteiger partial charge in [-0.15, -0.1) is 0 Å². The van der Waals surface area contributed by atoms with Crippen LogP contribution in [0.1, 0.15) is 5.56 Å². The molecule has 2 aromatic rings. The van der Waals surface area contributed by atoms with Gasteiger partial charge in [0.1, 0.15) is 17.5 Å². The lowest BCUT2D eigenvalue weighted by molar-refractivity contribution is 0.122. The van der Waals surface area contributed by atoms with Gasteiger partial charge in [-0.1, -0.05) is 18.2 Å². The smallest absolute Gasteiger partial charge is 0.125 e. The Balaban J connectivity index is 2.12. The van der Waals surface area contributed by atoms with E-state index in [0.717, 1.165) is 48.6 Å². The molecule has 1 aliphatic rings. The fraction of sp³-hybridized carbons (Fsp3) is 0.308. The molecule has 86 valence electrons.